The van der Waals surface area contributed by atoms with Gasteiger partial charge in [0.1, 0.15) is 18.1 Å². The summed E-state index contributed by atoms with van der Waals surface area (Å²) < 4.78 is 11.9. The average molecular weight is 328 g/mol. The lowest BCUT2D eigenvalue weighted by molar-refractivity contribution is 0.272. The Morgan fingerprint density at radius 1 is 0.800 bits per heavy atom. The molecule has 0 aliphatic rings. The molecule has 0 saturated heterocycles. The first kappa shape index (κ1) is 15.1. The molecule has 0 spiro atoms. The van der Waals surface area contributed by atoms with E-state index in [-0.39, 0.29) is 0 Å². The molecule has 0 amide bonds. The molecule has 4 nitrogen and oxygen atoms in total. The lowest BCUT2D eigenvalue weighted by Gasteiger charge is -2.05. The highest BCUT2D eigenvalue weighted by Crippen LogP contribution is 2.29. The third kappa shape index (κ3) is 3.43. The summed E-state index contributed by atoms with van der Waals surface area (Å²) in [5.41, 5.74) is 2.62. The molecule has 0 bridgehead atoms. The second-order valence-electron chi connectivity index (χ2n) is 5.50. The number of hydrogen-bond donors (Lipinski definition) is 0. The highest BCUT2D eigenvalue weighted by atomic mass is 16.5. The van der Waals surface area contributed by atoms with Gasteiger partial charge in [0.05, 0.1) is 5.56 Å². The molecule has 2 aromatic carbocycles. The van der Waals surface area contributed by atoms with Gasteiger partial charge in [0.15, 0.2) is 5.76 Å². The molecule has 0 fully saturated rings. The highest BCUT2D eigenvalue weighted by molar-refractivity contribution is 5.65. The summed E-state index contributed by atoms with van der Waals surface area (Å²) in [4.78, 5) is 8.81. The number of rotatable bonds is 5. The minimum atomic E-state index is 0.307. The van der Waals surface area contributed by atoms with Gasteiger partial charge in [0.25, 0.3) is 0 Å². The van der Waals surface area contributed by atoms with Crippen molar-refractivity contribution in [3.05, 3.63) is 91.0 Å². The summed E-state index contributed by atoms with van der Waals surface area (Å²) >= 11 is 0. The van der Waals surface area contributed by atoms with Crippen molar-refractivity contribution in [2.24, 2.45) is 0 Å². The van der Waals surface area contributed by atoms with E-state index in [1.54, 1.807) is 12.4 Å². The van der Waals surface area contributed by atoms with E-state index in [2.05, 4.69) is 9.97 Å². The third-order valence-corrected chi connectivity index (χ3v) is 3.77. The maximum absolute atomic E-state index is 6.00. The standard InChI is InChI=1S/C21H16N2O2/c1-3-8-16(9-4-1)20-19(15-24-18-11-5-2-6-12-18)25-21(23-20)17-10-7-13-22-14-17/h1-14H,15H2. The predicted molar refractivity (Wildman–Crippen MR) is 95.9 cm³/mol. The van der Waals surface area contributed by atoms with Gasteiger partial charge < -0.3 is 9.15 Å². The van der Waals surface area contributed by atoms with Crippen LogP contribution in [0.1, 0.15) is 5.76 Å². The maximum Gasteiger partial charge on any atom is 0.228 e. The van der Waals surface area contributed by atoms with Gasteiger partial charge in [-0.2, -0.15) is 0 Å². The van der Waals surface area contributed by atoms with E-state index in [1.807, 2.05) is 72.8 Å². The number of para-hydroxylation sites is 1. The Morgan fingerprint density at radius 2 is 1.52 bits per heavy atom. The summed E-state index contributed by atoms with van der Waals surface area (Å²) in [5.74, 6) is 2.02. The molecule has 0 radical (unpaired) electrons. The fraction of sp³-hybridized carbons (Fsp3) is 0.0476. The first-order chi connectivity index (χ1) is 12.4. The molecule has 4 rings (SSSR count). The van der Waals surface area contributed by atoms with Crippen LogP contribution in [0.3, 0.4) is 0 Å². The Balaban J connectivity index is 1.69. The second-order valence-corrected chi connectivity index (χ2v) is 5.50. The van der Waals surface area contributed by atoms with E-state index in [4.69, 9.17) is 9.15 Å². The van der Waals surface area contributed by atoms with Crippen LogP contribution in [0, 0.1) is 0 Å². The van der Waals surface area contributed by atoms with Crippen LogP contribution in [0.2, 0.25) is 0 Å². The van der Waals surface area contributed by atoms with Crippen LogP contribution in [-0.4, -0.2) is 9.97 Å². The van der Waals surface area contributed by atoms with Crippen molar-refractivity contribution in [2.45, 2.75) is 6.61 Å². The first-order valence-corrected chi connectivity index (χ1v) is 8.03. The van der Waals surface area contributed by atoms with Crippen LogP contribution in [0.25, 0.3) is 22.7 Å². The van der Waals surface area contributed by atoms with Crippen LogP contribution >= 0.6 is 0 Å². The highest BCUT2D eigenvalue weighted by Gasteiger charge is 2.17. The molecule has 122 valence electrons. The zero-order valence-electron chi connectivity index (χ0n) is 13.5. The summed E-state index contributed by atoms with van der Waals surface area (Å²) in [7, 11) is 0. The Labute approximate surface area is 145 Å². The minimum absolute atomic E-state index is 0.307. The summed E-state index contributed by atoms with van der Waals surface area (Å²) in [6.45, 7) is 0.307. The topological polar surface area (TPSA) is 48.2 Å². The molecule has 4 heteroatoms. The van der Waals surface area contributed by atoms with Gasteiger partial charge in [-0.25, -0.2) is 4.98 Å². The Morgan fingerprint density at radius 3 is 2.24 bits per heavy atom. The van der Waals surface area contributed by atoms with Crippen molar-refractivity contribution in [2.75, 3.05) is 0 Å². The third-order valence-electron chi connectivity index (χ3n) is 3.77. The Hall–Kier alpha value is -3.40. The van der Waals surface area contributed by atoms with Gasteiger partial charge in [0, 0.05) is 18.0 Å². The van der Waals surface area contributed by atoms with Gasteiger partial charge in [-0.15, -0.1) is 0 Å². The minimum Gasteiger partial charge on any atom is -0.486 e. The number of ether oxygens (including phenoxy) is 1. The SMILES string of the molecule is c1ccc(OCc2oc(-c3cccnc3)nc2-c2ccccc2)cc1. The number of hydrogen-bond acceptors (Lipinski definition) is 4. The van der Waals surface area contributed by atoms with E-state index in [0.717, 1.165) is 22.6 Å². The summed E-state index contributed by atoms with van der Waals surface area (Å²) in [6.07, 6.45) is 3.46. The van der Waals surface area contributed by atoms with Crippen molar-refractivity contribution < 1.29 is 9.15 Å². The van der Waals surface area contributed by atoms with Gasteiger partial charge in [0.2, 0.25) is 5.89 Å². The fourth-order valence-electron chi connectivity index (χ4n) is 2.55. The van der Waals surface area contributed by atoms with E-state index in [1.165, 1.54) is 0 Å². The molecule has 0 aliphatic heterocycles. The normalized spacial score (nSPS) is 10.6. The van der Waals surface area contributed by atoms with E-state index in [0.29, 0.717) is 18.3 Å². The molecule has 0 atom stereocenters. The number of benzene rings is 2. The lowest BCUT2D eigenvalue weighted by atomic mass is 10.1. The van der Waals surface area contributed by atoms with Crippen LogP contribution in [0.5, 0.6) is 5.75 Å². The molecule has 25 heavy (non-hydrogen) atoms. The van der Waals surface area contributed by atoms with Crippen LogP contribution in [0.15, 0.2) is 89.6 Å². The quantitative estimate of drug-likeness (QED) is 0.518. The largest absolute Gasteiger partial charge is 0.486 e. The molecule has 0 saturated carbocycles. The van der Waals surface area contributed by atoms with E-state index < -0.39 is 0 Å². The van der Waals surface area contributed by atoms with Gasteiger partial charge in [-0.3, -0.25) is 4.98 Å². The number of pyridine rings is 1. The van der Waals surface area contributed by atoms with Crippen LogP contribution in [-0.2, 0) is 6.61 Å². The number of oxazole rings is 1. The van der Waals surface area contributed by atoms with Crippen molar-refractivity contribution in [1.82, 2.24) is 9.97 Å². The van der Waals surface area contributed by atoms with Crippen molar-refractivity contribution in [1.29, 1.82) is 0 Å². The van der Waals surface area contributed by atoms with Crippen molar-refractivity contribution in [3.63, 3.8) is 0 Å². The Kier molecular flexibility index (Phi) is 4.25. The van der Waals surface area contributed by atoms with Crippen LogP contribution < -0.4 is 4.74 Å². The molecule has 4 aromatic rings. The first-order valence-electron chi connectivity index (χ1n) is 8.03. The summed E-state index contributed by atoms with van der Waals surface area (Å²) in [6, 6.07) is 23.4. The average Bonchev–Trinajstić information content (AvgIpc) is 3.13. The van der Waals surface area contributed by atoms with Gasteiger partial charge in [-0.1, -0.05) is 48.5 Å². The van der Waals surface area contributed by atoms with E-state index in [9.17, 15) is 0 Å². The zero-order valence-corrected chi connectivity index (χ0v) is 13.5. The maximum atomic E-state index is 6.00. The molecular weight excluding hydrogens is 312 g/mol. The van der Waals surface area contributed by atoms with Gasteiger partial charge >= 0.3 is 0 Å². The molecule has 2 aromatic heterocycles. The fourth-order valence-corrected chi connectivity index (χ4v) is 2.55. The Bertz CT molecular complexity index is 936. The molecule has 0 N–H and O–H groups in total. The zero-order chi connectivity index (χ0) is 16.9. The monoisotopic (exact) mass is 328 g/mol. The molecule has 0 unspecified atom stereocenters. The van der Waals surface area contributed by atoms with E-state index >= 15 is 0 Å². The van der Waals surface area contributed by atoms with Gasteiger partial charge in [-0.05, 0) is 24.3 Å². The summed E-state index contributed by atoms with van der Waals surface area (Å²) in [5, 5.41) is 0. The van der Waals surface area contributed by atoms with Crippen LogP contribution in [0.4, 0.5) is 0 Å². The molecular formula is C21H16N2O2. The van der Waals surface area contributed by atoms with Crippen molar-refractivity contribution >= 4 is 0 Å². The molecule has 2 heterocycles. The number of aromatic nitrogens is 2. The number of nitrogens with zero attached hydrogens (tertiary/aromatic N) is 2. The smallest absolute Gasteiger partial charge is 0.228 e. The lowest BCUT2D eigenvalue weighted by Crippen LogP contribution is -1.95. The molecule has 0 aliphatic carbocycles. The predicted octanol–water partition coefficient (Wildman–Crippen LogP) is 4.98. The van der Waals surface area contributed by atoms with Crippen molar-refractivity contribution in [3.8, 4) is 28.5 Å². The second kappa shape index (κ2) is 7.01.